The largest absolute Gasteiger partial charge is 0.421 e. The Bertz CT molecular complexity index is 669. The molecule has 102 valence electrons. The summed E-state index contributed by atoms with van der Waals surface area (Å²) in [4.78, 5) is 27.3. The number of carbonyl (C=O) groups excluding carboxylic acids is 2. The highest BCUT2D eigenvalue weighted by Gasteiger charge is 2.17. The Morgan fingerprint density at radius 1 is 1.15 bits per heavy atom. The second kappa shape index (κ2) is 6.03. The predicted molar refractivity (Wildman–Crippen MR) is 75.7 cm³/mol. The van der Waals surface area contributed by atoms with Crippen LogP contribution in [-0.4, -0.2) is 16.7 Å². The van der Waals surface area contributed by atoms with Crippen molar-refractivity contribution in [3.05, 3.63) is 57.8 Å². The molecule has 0 saturated carbocycles. The molecule has 20 heavy (non-hydrogen) atoms. The Labute approximate surface area is 125 Å². The maximum absolute atomic E-state index is 12.0. The van der Waals surface area contributed by atoms with Crippen LogP contribution in [0.1, 0.15) is 27.6 Å². The van der Waals surface area contributed by atoms with Crippen LogP contribution in [0.4, 0.5) is 0 Å². The predicted octanol–water partition coefficient (Wildman–Crippen LogP) is 3.81. The molecule has 0 spiro atoms. The quantitative estimate of drug-likeness (QED) is 0.374. The van der Waals surface area contributed by atoms with Crippen molar-refractivity contribution in [3.63, 3.8) is 0 Å². The van der Waals surface area contributed by atoms with Crippen molar-refractivity contribution in [2.24, 2.45) is 0 Å². The van der Waals surface area contributed by atoms with Gasteiger partial charge in [-0.3, -0.25) is 4.79 Å². The lowest BCUT2D eigenvalue weighted by atomic mass is 10.1. The molecule has 0 aliphatic heterocycles. The minimum absolute atomic E-state index is 0.0432. The molecule has 0 saturated heterocycles. The summed E-state index contributed by atoms with van der Waals surface area (Å²) in [6.07, 6.45) is 1.29. The number of para-hydroxylation sites is 1. The van der Waals surface area contributed by atoms with E-state index in [-0.39, 0.29) is 32.8 Å². The van der Waals surface area contributed by atoms with Crippen molar-refractivity contribution < 1.29 is 14.3 Å². The highest BCUT2D eigenvalue weighted by molar-refractivity contribution is 6.33. The number of ketones is 1. The summed E-state index contributed by atoms with van der Waals surface area (Å²) >= 11 is 11.6. The number of hydrogen-bond donors (Lipinski definition) is 0. The fourth-order valence-electron chi connectivity index (χ4n) is 1.54. The zero-order valence-corrected chi connectivity index (χ0v) is 11.9. The third-order valence-electron chi connectivity index (χ3n) is 2.50. The molecule has 0 unspecified atom stereocenters. The number of ether oxygens (including phenoxy) is 1. The van der Waals surface area contributed by atoms with Crippen LogP contribution in [0.5, 0.6) is 5.75 Å². The summed E-state index contributed by atoms with van der Waals surface area (Å²) in [5.74, 6) is -0.865. The molecule has 0 radical (unpaired) electrons. The third kappa shape index (κ3) is 3.15. The first-order chi connectivity index (χ1) is 9.49. The Morgan fingerprint density at radius 2 is 1.90 bits per heavy atom. The average molecular weight is 310 g/mol. The Hall–Kier alpha value is -1.91. The monoisotopic (exact) mass is 309 g/mol. The van der Waals surface area contributed by atoms with E-state index >= 15 is 0 Å². The molecule has 1 aromatic heterocycles. The molecule has 0 atom stereocenters. The second-order valence-corrected chi connectivity index (χ2v) is 4.73. The normalized spacial score (nSPS) is 10.2. The van der Waals surface area contributed by atoms with Gasteiger partial charge in [0.2, 0.25) is 0 Å². The van der Waals surface area contributed by atoms with E-state index in [1.165, 1.54) is 37.4 Å². The third-order valence-corrected chi connectivity index (χ3v) is 3.03. The van der Waals surface area contributed by atoms with E-state index in [4.69, 9.17) is 27.9 Å². The summed E-state index contributed by atoms with van der Waals surface area (Å²) in [7, 11) is 0. The van der Waals surface area contributed by atoms with Gasteiger partial charge in [0.05, 0.1) is 16.1 Å². The fraction of sp³-hybridized carbons (Fsp3) is 0.0714. The van der Waals surface area contributed by atoms with E-state index in [2.05, 4.69) is 4.98 Å². The van der Waals surface area contributed by atoms with Crippen molar-refractivity contribution in [2.45, 2.75) is 6.92 Å². The number of carbonyl (C=O) groups is 2. The van der Waals surface area contributed by atoms with E-state index in [0.717, 1.165) is 0 Å². The lowest BCUT2D eigenvalue weighted by molar-refractivity contribution is 0.0732. The van der Waals surface area contributed by atoms with E-state index in [9.17, 15) is 9.59 Å². The van der Waals surface area contributed by atoms with Gasteiger partial charge >= 0.3 is 5.97 Å². The van der Waals surface area contributed by atoms with Gasteiger partial charge in [-0.2, -0.15) is 0 Å². The minimum atomic E-state index is -0.662. The highest BCUT2D eigenvalue weighted by Crippen LogP contribution is 2.29. The molecule has 0 aliphatic rings. The van der Waals surface area contributed by atoms with Crippen LogP contribution in [0.15, 0.2) is 36.5 Å². The number of halogens is 2. The number of Topliss-reactive ketones (excluding diaryl/α,β-unsaturated/α-hetero) is 1. The van der Waals surface area contributed by atoms with Gasteiger partial charge in [0, 0.05) is 6.20 Å². The number of benzene rings is 1. The van der Waals surface area contributed by atoms with Gasteiger partial charge in [-0.25, -0.2) is 9.78 Å². The molecule has 0 N–H and O–H groups in total. The first kappa shape index (κ1) is 14.5. The highest BCUT2D eigenvalue weighted by atomic mass is 35.5. The zero-order valence-electron chi connectivity index (χ0n) is 10.4. The van der Waals surface area contributed by atoms with Gasteiger partial charge in [0.25, 0.3) is 0 Å². The molecule has 0 bridgehead atoms. The molecule has 0 aliphatic carbocycles. The first-order valence-corrected chi connectivity index (χ1v) is 6.38. The molecule has 0 fully saturated rings. The Kier molecular flexibility index (Phi) is 4.37. The Morgan fingerprint density at radius 3 is 2.50 bits per heavy atom. The van der Waals surface area contributed by atoms with Gasteiger partial charge < -0.3 is 4.74 Å². The maximum Gasteiger partial charge on any atom is 0.345 e. The maximum atomic E-state index is 12.0. The number of esters is 1. The molecule has 4 nitrogen and oxygen atoms in total. The molecule has 1 aromatic carbocycles. The lowest BCUT2D eigenvalue weighted by Gasteiger charge is -2.09. The van der Waals surface area contributed by atoms with Crippen LogP contribution in [0.25, 0.3) is 0 Å². The first-order valence-electron chi connectivity index (χ1n) is 5.62. The van der Waals surface area contributed by atoms with Gasteiger partial charge in [-0.15, -0.1) is 0 Å². The molecular weight excluding hydrogens is 301 g/mol. The summed E-state index contributed by atoms with van der Waals surface area (Å²) in [5.41, 5.74) is 0.455. The summed E-state index contributed by atoms with van der Waals surface area (Å²) in [6, 6.07) is 7.63. The smallest absolute Gasteiger partial charge is 0.345 e. The van der Waals surface area contributed by atoms with Gasteiger partial charge in [0.1, 0.15) is 5.15 Å². The molecular formula is C14H9Cl2NO3. The number of rotatable bonds is 3. The number of aromatic nitrogens is 1. The van der Waals surface area contributed by atoms with Crippen molar-refractivity contribution in [3.8, 4) is 5.75 Å². The van der Waals surface area contributed by atoms with E-state index in [1.807, 2.05) is 0 Å². The average Bonchev–Trinajstić information content (AvgIpc) is 2.41. The number of hydrogen-bond acceptors (Lipinski definition) is 4. The number of nitrogens with zero attached hydrogens (tertiary/aromatic N) is 1. The summed E-state index contributed by atoms with van der Waals surface area (Å²) in [5, 5.41) is 0.455. The van der Waals surface area contributed by atoms with E-state index in [1.54, 1.807) is 6.07 Å². The molecule has 2 aromatic rings. The number of pyridine rings is 1. The minimum Gasteiger partial charge on any atom is -0.421 e. The molecule has 1 heterocycles. The van der Waals surface area contributed by atoms with E-state index in [0.29, 0.717) is 0 Å². The topological polar surface area (TPSA) is 56.3 Å². The lowest BCUT2D eigenvalue weighted by Crippen LogP contribution is -2.11. The van der Waals surface area contributed by atoms with Crippen LogP contribution in [0.3, 0.4) is 0 Å². The fourth-order valence-corrected chi connectivity index (χ4v) is 1.86. The van der Waals surface area contributed by atoms with Crippen molar-refractivity contribution in [1.29, 1.82) is 0 Å². The van der Waals surface area contributed by atoms with E-state index < -0.39 is 5.97 Å². The second-order valence-electron chi connectivity index (χ2n) is 3.93. The van der Waals surface area contributed by atoms with Crippen LogP contribution in [0, 0.1) is 0 Å². The molecule has 2 rings (SSSR count). The van der Waals surface area contributed by atoms with Crippen LogP contribution < -0.4 is 4.74 Å². The van der Waals surface area contributed by atoms with Crippen LogP contribution in [0.2, 0.25) is 10.2 Å². The van der Waals surface area contributed by atoms with Crippen molar-refractivity contribution in [1.82, 2.24) is 4.98 Å². The standard InChI is InChI=1S/C14H9Cl2NO3/c1-8(18)10-3-2-4-11(15)13(10)20-14(19)9-5-6-12(16)17-7-9/h2-7H,1H3. The summed E-state index contributed by atoms with van der Waals surface area (Å²) < 4.78 is 5.19. The zero-order chi connectivity index (χ0) is 14.7. The summed E-state index contributed by atoms with van der Waals surface area (Å²) in [6.45, 7) is 1.37. The van der Waals surface area contributed by atoms with Gasteiger partial charge in [-0.1, -0.05) is 29.3 Å². The van der Waals surface area contributed by atoms with Crippen molar-refractivity contribution >= 4 is 35.0 Å². The molecule has 0 amide bonds. The SMILES string of the molecule is CC(=O)c1cccc(Cl)c1OC(=O)c1ccc(Cl)nc1. The Balaban J connectivity index is 2.32. The van der Waals surface area contributed by atoms with Gasteiger partial charge in [-0.05, 0) is 31.2 Å². The van der Waals surface area contributed by atoms with Crippen molar-refractivity contribution in [2.75, 3.05) is 0 Å². The van der Waals surface area contributed by atoms with Crippen LogP contribution in [-0.2, 0) is 0 Å². The molecule has 6 heteroatoms. The van der Waals surface area contributed by atoms with Crippen LogP contribution >= 0.6 is 23.2 Å². The van der Waals surface area contributed by atoms with Gasteiger partial charge in [0.15, 0.2) is 11.5 Å².